The van der Waals surface area contributed by atoms with Gasteiger partial charge in [0, 0.05) is 19.5 Å². The van der Waals surface area contributed by atoms with Crippen LogP contribution < -0.4 is 5.32 Å². The highest BCUT2D eigenvalue weighted by molar-refractivity contribution is 5.82. The zero-order valence-corrected chi connectivity index (χ0v) is 10.2. The van der Waals surface area contributed by atoms with Crippen molar-refractivity contribution in [2.45, 2.75) is 38.8 Å². The van der Waals surface area contributed by atoms with Gasteiger partial charge in [-0.1, -0.05) is 30.7 Å². The van der Waals surface area contributed by atoms with Crippen molar-refractivity contribution in [1.29, 1.82) is 0 Å². The molecule has 2 N–H and O–H groups in total. The van der Waals surface area contributed by atoms with Crippen LogP contribution in [0.4, 0.5) is 0 Å². The Morgan fingerprint density at radius 2 is 1.82 bits per heavy atom. The maximum atomic E-state index is 8.96. The van der Waals surface area contributed by atoms with Gasteiger partial charge in [0.2, 0.25) is 0 Å². The van der Waals surface area contributed by atoms with E-state index in [9.17, 15) is 0 Å². The van der Waals surface area contributed by atoms with E-state index >= 15 is 0 Å². The molecule has 0 spiro atoms. The molecular weight excluding hydrogens is 212 g/mol. The van der Waals surface area contributed by atoms with Crippen LogP contribution in [-0.4, -0.2) is 17.5 Å². The quantitative estimate of drug-likeness (QED) is 0.839. The van der Waals surface area contributed by atoms with E-state index in [4.69, 9.17) is 5.11 Å². The molecule has 0 fully saturated rings. The third kappa shape index (κ3) is 3.86. The van der Waals surface area contributed by atoms with Crippen LogP contribution in [-0.2, 0) is 13.2 Å². The molecule has 0 saturated heterocycles. The zero-order chi connectivity index (χ0) is 11.9. The number of nitrogens with one attached hydrogen (secondary N) is 1. The topological polar surface area (TPSA) is 44.6 Å². The summed E-state index contributed by atoms with van der Waals surface area (Å²) in [7, 11) is 0. The van der Waals surface area contributed by atoms with Crippen LogP contribution in [0.25, 0.3) is 0 Å². The maximum absolute atomic E-state index is 8.96. The second kappa shape index (κ2) is 6.40. The monoisotopic (exact) mass is 232 g/mol. The van der Waals surface area contributed by atoms with Crippen molar-refractivity contribution < 1.29 is 5.11 Å². The fourth-order valence-corrected chi connectivity index (χ4v) is 1.99. The summed E-state index contributed by atoms with van der Waals surface area (Å²) in [6, 6.07) is 8.03. The molecule has 92 valence electrons. The molecule has 3 heteroatoms. The van der Waals surface area contributed by atoms with Gasteiger partial charge in [0.05, 0.1) is 12.4 Å². The fraction of sp³-hybridized carbons (Fsp3) is 0.500. The first-order valence-corrected chi connectivity index (χ1v) is 6.34. The molecule has 1 aromatic carbocycles. The van der Waals surface area contributed by atoms with Crippen LogP contribution in [0.2, 0.25) is 0 Å². The third-order valence-corrected chi connectivity index (χ3v) is 3.08. The minimum absolute atomic E-state index is 0.112. The Balaban J connectivity index is 1.85. The lowest BCUT2D eigenvalue weighted by Gasteiger charge is -2.08. The summed E-state index contributed by atoms with van der Waals surface area (Å²) in [4.78, 5) is 4.54. The molecule has 0 aliphatic carbocycles. The lowest BCUT2D eigenvalue weighted by Crippen LogP contribution is -2.22. The predicted octanol–water partition coefficient (Wildman–Crippen LogP) is 2.24. The molecule has 1 aromatic rings. The summed E-state index contributed by atoms with van der Waals surface area (Å²) in [5.41, 5.74) is 2.19. The van der Waals surface area contributed by atoms with Crippen LogP contribution in [0.1, 0.15) is 36.8 Å². The third-order valence-electron chi connectivity index (χ3n) is 3.08. The molecule has 1 aliphatic heterocycles. The number of aliphatic hydroxyl groups excluding tert-OH is 1. The van der Waals surface area contributed by atoms with Crippen LogP contribution in [0, 0.1) is 0 Å². The average Bonchev–Trinajstić information content (AvgIpc) is 2.65. The van der Waals surface area contributed by atoms with Crippen LogP contribution in [0.15, 0.2) is 29.3 Å². The molecule has 17 heavy (non-hydrogen) atoms. The summed E-state index contributed by atoms with van der Waals surface area (Å²) < 4.78 is 0. The van der Waals surface area contributed by atoms with Crippen molar-refractivity contribution in [3.05, 3.63) is 35.4 Å². The van der Waals surface area contributed by atoms with E-state index in [2.05, 4.69) is 22.4 Å². The van der Waals surface area contributed by atoms with E-state index in [-0.39, 0.29) is 6.61 Å². The van der Waals surface area contributed by atoms with E-state index in [1.807, 2.05) is 12.1 Å². The van der Waals surface area contributed by atoms with E-state index in [0.717, 1.165) is 30.9 Å². The first kappa shape index (κ1) is 12.1. The molecule has 3 nitrogen and oxygen atoms in total. The highest BCUT2D eigenvalue weighted by atomic mass is 16.3. The van der Waals surface area contributed by atoms with Crippen LogP contribution in [0.3, 0.4) is 0 Å². The van der Waals surface area contributed by atoms with E-state index in [1.54, 1.807) is 0 Å². The van der Waals surface area contributed by atoms with Gasteiger partial charge in [-0.05, 0) is 24.0 Å². The van der Waals surface area contributed by atoms with Crippen molar-refractivity contribution in [3.8, 4) is 0 Å². The second-order valence-corrected chi connectivity index (χ2v) is 4.47. The maximum Gasteiger partial charge on any atom is 0.0965 e. The number of aliphatic imine (C=N–C) groups is 1. The number of aliphatic hydroxyl groups is 1. The van der Waals surface area contributed by atoms with E-state index in [0.29, 0.717) is 0 Å². The Morgan fingerprint density at radius 3 is 2.59 bits per heavy atom. The minimum Gasteiger partial charge on any atom is -0.392 e. The van der Waals surface area contributed by atoms with Gasteiger partial charge in [0.1, 0.15) is 0 Å². The molecule has 1 heterocycles. The molecule has 0 aromatic heterocycles. The zero-order valence-electron chi connectivity index (χ0n) is 10.2. The van der Waals surface area contributed by atoms with Gasteiger partial charge in [0.25, 0.3) is 0 Å². The molecule has 0 bridgehead atoms. The van der Waals surface area contributed by atoms with Crippen molar-refractivity contribution in [2.75, 3.05) is 6.54 Å². The van der Waals surface area contributed by atoms with Crippen molar-refractivity contribution in [3.63, 3.8) is 0 Å². The molecule has 0 saturated carbocycles. The highest BCUT2D eigenvalue weighted by Gasteiger charge is 2.03. The van der Waals surface area contributed by atoms with Crippen molar-refractivity contribution in [2.24, 2.45) is 4.99 Å². The molecule has 0 amide bonds. The Bertz CT molecular complexity index is 370. The largest absolute Gasteiger partial charge is 0.392 e. The summed E-state index contributed by atoms with van der Waals surface area (Å²) in [5, 5.41) is 12.4. The molecule has 0 atom stereocenters. The SMILES string of the molecule is OCc1ccc(CNC2=NCCCCC2)cc1. The van der Waals surface area contributed by atoms with Gasteiger partial charge < -0.3 is 10.4 Å². The Kier molecular flexibility index (Phi) is 4.56. The smallest absolute Gasteiger partial charge is 0.0965 e. The van der Waals surface area contributed by atoms with Gasteiger partial charge in [-0.15, -0.1) is 0 Å². The lowest BCUT2D eigenvalue weighted by atomic mass is 10.1. The van der Waals surface area contributed by atoms with Gasteiger partial charge in [-0.25, -0.2) is 0 Å². The normalized spacial score (nSPS) is 16.2. The highest BCUT2D eigenvalue weighted by Crippen LogP contribution is 2.08. The fourth-order valence-electron chi connectivity index (χ4n) is 1.99. The molecule has 2 rings (SSSR count). The first-order valence-electron chi connectivity index (χ1n) is 6.34. The molecular formula is C14H20N2O. The number of nitrogens with zero attached hydrogens (tertiary/aromatic N) is 1. The van der Waals surface area contributed by atoms with Crippen LogP contribution in [0.5, 0.6) is 0 Å². The Labute approximate surface area is 103 Å². The Hall–Kier alpha value is -1.35. The lowest BCUT2D eigenvalue weighted by molar-refractivity contribution is 0.282. The number of hydrogen-bond donors (Lipinski definition) is 2. The van der Waals surface area contributed by atoms with Gasteiger partial charge in [0.15, 0.2) is 0 Å². The van der Waals surface area contributed by atoms with Crippen molar-refractivity contribution >= 4 is 5.84 Å². The van der Waals surface area contributed by atoms with Gasteiger partial charge in [-0.3, -0.25) is 4.99 Å². The molecule has 0 unspecified atom stereocenters. The predicted molar refractivity (Wildman–Crippen MR) is 70.0 cm³/mol. The van der Waals surface area contributed by atoms with Crippen LogP contribution >= 0.6 is 0 Å². The Morgan fingerprint density at radius 1 is 1.06 bits per heavy atom. The van der Waals surface area contributed by atoms with E-state index in [1.165, 1.54) is 24.8 Å². The summed E-state index contributed by atoms with van der Waals surface area (Å²) in [6.07, 6.45) is 4.83. The minimum atomic E-state index is 0.112. The second-order valence-electron chi connectivity index (χ2n) is 4.47. The first-order chi connectivity index (χ1) is 8.38. The number of benzene rings is 1. The van der Waals surface area contributed by atoms with E-state index < -0.39 is 0 Å². The summed E-state index contributed by atoms with van der Waals surface area (Å²) in [5.74, 6) is 1.15. The number of rotatable bonds is 3. The summed E-state index contributed by atoms with van der Waals surface area (Å²) in [6.45, 7) is 1.90. The molecule has 0 radical (unpaired) electrons. The summed E-state index contributed by atoms with van der Waals surface area (Å²) >= 11 is 0. The average molecular weight is 232 g/mol. The number of amidine groups is 1. The standard InChI is InChI=1S/C14H20N2O/c17-11-13-7-5-12(6-8-13)10-16-14-4-2-1-3-9-15-14/h5-8,17H,1-4,9-11H2,(H,15,16). The van der Waals surface area contributed by atoms with Crippen molar-refractivity contribution in [1.82, 2.24) is 5.32 Å². The number of hydrogen-bond acceptors (Lipinski definition) is 3. The molecule has 1 aliphatic rings. The van der Waals surface area contributed by atoms with Gasteiger partial charge in [-0.2, -0.15) is 0 Å². The van der Waals surface area contributed by atoms with Gasteiger partial charge >= 0.3 is 0 Å².